The maximum absolute atomic E-state index is 11.3. The Morgan fingerprint density at radius 2 is 2.07 bits per heavy atom. The quantitative estimate of drug-likeness (QED) is 0.716. The second-order valence-electron chi connectivity index (χ2n) is 4.25. The van der Waals surface area contributed by atoms with Gasteiger partial charge in [-0.15, -0.1) is 0 Å². The van der Waals surface area contributed by atoms with E-state index in [1.165, 1.54) is 0 Å². The van der Waals surface area contributed by atoms with Crippen molar-refractivity contribution in [3.05, 3.63) is 0 Å². The smallest absolute Gasteiger partial charge is 0.307 e. The Morgan fingerprint density at radius 3 is 2.50 bits per heavy atom. The molecular weight excluding hydrogens is 198 g/mol. The Bertz CT molecular complexity index is 177. The van der Waals surface area contributed by atoms with E-state index in [4.69, 9.17) is 10.5 Å². The first-order valence-corrected chi connectivity index (χ1v) is 5.93. The summed E-state index contributed by atoms with van der Waals surface area (Å²) >= 11 is 1.70. The number of thioether (sulfide) groups is 1. The monoisotopic (exact) mass is 219 g/mol. The Labute approximate surface area is 90.8 Å². The van der Waals surface area contributed by atoms with Crippen LogP contribution in [0.5, 0.6) is 0 Å². The van der Waals surface area contributed by atoms with Crippen molar-refractivity contribution in [2.45, 2.75) is 45.0 Å². The van der Waals surface area contributed by atoms with E-state index >= 15 is 0 Å². The zero-order valence-corrected chi connectivity index (χ0v) is 10.3. The van der Waals surface area contributed by atoms with Crippen LogP contribution < -0.4 is 5.73 Å². The van der Waals surface area contributed by atoms with E-state index in [1.807, 2.05) is 20.8 Å². The molecule has 1 atom stereocenters. The number of ether oxygens (including phenoxy) is 1. The lowest BCUT2D eigenvalue weighted by Crippen LogP contribution is -2.24. The molecule has 0 fully saturated rings. The van der Waals surface area contributed by atoms with Gasteiger partial charge in [0.2, 0.25) is 0 Å². The molecule has 0 saturated heterocycles. The third kappa shape index (κ3) is 8.38. The van der Waals surface area contributed by atoms with Crippen LogP contribution in [0.1, 0.15) is 34.1 Å². The zero-order valence-electron chi connectivity index (χ0n) is 9.50. The molecule has 0 aromatic heterocycles. The molecule has 0 aromatic carbocycles. The van der Waals surface area contributed by atoms with Gasteiger partial charge in [0, 0.05) is 17.5 Å². The zero-order chi connectivity index (χ0) is 11.2. The topological polar surface area (TPSA) is 52.3 Å². The highest BCUT2D eigenvalue weighted by Gasteiger charge is 2.15. The summed E-state index contributed by atoms with van der Waals surface area (Å²) in [6.45, 7) is 8.33. The molecule has 0 heterocycles. The molecule has 2 N–H and O–H groups in total. The first-order valence-electron chi connectivity index (χ1n) is 4.88. The molecule has 0 saturated carbocycles. The molecule has 0 spiro atoms. The second kappa shape index (κ2) is 6.30. The number of hydrogen-bond acceptors (Lipinski definition) is 4. The van der Waals surface area contributed by atoms with Crippen LogP contribution in [-0.4, -0.2) is 29.1 Å². The van der Waals surface area contributed by atoms with Crippen molar-refractivity contribution in [2.24, 2.45) is 5.73 Å². The maximum Gasteiger partial charge on any atom is 0.307 e. The normalized spacial score (nSPS) is 13.8. The number of esters is 1. The predicted molar refractivity (Wildman–Crippen MR) is 61.4 cm³/mol. The van der Waals surface area contributed by atoms with Gasteiger partial charge in [0.25, 0.3) is 0 Å². The SMILES string of the molecule is CC(CN)SCCC(=O)OC(C)(C)C. The van der Waals surface area contributed by atoms with Gasteiger partial charge in [-0.2, -0.15) is 11.8 Å². The van der Waals surface area contributed by atoms with Crippen molar-refractivity contribution >= 4 is 17.7 Å². The van der Waals surface area contributed by atoms with Gasteiger partial charge >= 0.3 is 5.97 Å². The summed E-state index contributed by atoms with van der Waals surface area (Å²) in [6.07, 6.45) is 0.465. The Balaban J connectivity index is 3.55. The molecular formula is C10H21NO2S. The number of carbonyl (C=O) groups is 1. The van der Waals surface area contributed by atoms with E-state index < -0.39 is 0 Å². The number of nitrogens with two attached hydrogens (primary N) is 1. The summed E-state index contributed by atoms with van der Waals surface area (Å²) in [4.78, 5) is 11.3. The second-order valence-corrected chi connectivity index (χ2v) is 5.80. The lowest BCUT2D eigenvalue weighted by molar-refractivity contribution is -0.154. The summed E-state index contributed by atoms with van der Waals surface area (Å²) in [5, 5.41) is 0.414. The molecule has 0 aromatic rings. The van der Waals surface area contributed by atoms with Gasteiger partial charge in [-0.1, -0.05) is 6.92 Å². The minimum absolute atomic E-state index is 0.130. The molecule has 14 heavy (non-hydrogen) atoms. The fourth-order valence-corrected chi connectivity index (χ4v) is 1.63. The molecule has 0 amide bonds. The van der Waals surface area contributed by atoms with Gasteiger partial charge < -0.3 is 10.5 Å². The number of carbonyl (C=O) groups excluding carboxylic acids is 1. The van der Waals surface area contributed by atoms with Crippen LogP contribution in [0.3, 0.4) is 0 Å². The van der Waals surface area contributed by atoms with Crippen LogP contribution in [0.15, 0.2) is 0 Å². The number of rotatable bonds is 5. The van der Waals surface area contributed by atoms with Crippen LogP contribution >= 0.6 is 11.8 Å². The van der Waals surface area contributed by atoms with Crippen LogP contribution in [0.2, 0.25) is 0 Å². The molecule has 0 aliphatic carbocycles. The Hall–Kier alpha value is -0.220. The third-order valence-electron chi connectivity index (χ3n) is 1.46. The van der Waals surface area contributed by atoms with Crippen LogP contribution in [0.25, 0.3) is 0 Å². The van der Waals surface area contributed by atoms with E-state index in [2.05, 4.69) is 6.92 Å². The van der Waals surface area contributed by atoms with Gasteiger partial charge in [-0.3, -0.25) is 4.79 Å². The number of hydrogen-bond donors (Lipinski definition) is 1. The summed E-state index contributed by atoms with van der Waals surface area (Å²) in [7, 11) is 0. The molecule has 0 radical (unpaired) electrons. The van der Waals surface area contributed by atoms with Crippen LogP contribution in [0.4, 0.5) is 0 Å². The summed E-state index contributed by atoms with van der Waals surface area (Å²) in [6, 6.07) is 0. The fraction of sp³-hybridized carbons (Fsp3) is 0.900. The van der Waals surface area contributed by atoms with E-state index in [-0.39, 0.29) is 11.6 Å². The van der Waals surface area contributed by atoms with Gasteiger partial charge in [-0.05, 0) is 20.8 Å². The molecule has 84 valence electrons. The molecule has 0 aliphatic heterocycles. The highest BCUT2D eigenvalue weighted by atomic mass is 32.2. The van der Waals surface area contributed by atoms with Crippen molar-refractivity contribution in [1.29, 1.82) is 0 Å². The summed E-state index contributed by atoms with van der Waals surface area (Å²) < 4.78 is 5.17. The van der Waals surface area contributed by atoms with Crippen molar-refractivity contribution < 1.29 is 9.53 Å². The molecule has 3 nitrogen and oxygen atoms in total. The van der Waals surface area contributed by atoms with Crippen molar-refractivity contribution in [3.8, 4) is 0 Å². The minimum Gasteiger partial charge on any atom is -0.460 e. The Morgan fingerprint density at radius 1 is 1.50 bits per heavy atom. The largest absolute Gasteiger partial charge is 0.460 e. The lowest BCUT2D eigenvalue weighted by Gasteiger charge is -2.19. The average Bonchev–Trinajstić information content (AvgIpc) is 2.00. The summed E-state index contributed by atoms with van der Waals surface area (Å²) in [5.74, 6) is 0.655. The highest BCUT2D eigenvalue weighted by molar-refractivity contribution is 7.99. The van der Waals surface area contributed by atoms with E-state index in [1.54, 1.807) is 11.8 Å². The van der Waals surface area contributed by atoms with Crippen molar-refractivity contribution in [3.63, 3.8) is 0 Å². The highest BCUT2D eigenvalue weighted by Crippen LogP contribution is 2.13. The first kappa shape index (κ1) is 13.8. The van der Waals surface area contributed by atoms with Crippen LogP contribution in [-0.2, 0) is 9.53 Å². The first-order chi connectivity index (χ1) is 6.35. The molecule has 4 heteroatoms. The van der Waals surface area contributed by atoms with Crippen LogP contribution in [0, 0.1) is 0 Å². The fourth-order valence-electron chi connectivity index (χ4n) is 0.804. The van der Waals surface area contributed by atoms with E-state index in [0.717, 1.165) is 5.75 Å². The minimum atomic E-state index is -0.374. The van der Waals surface area contributed by atoms with Gasteiger partial charge in [0.15, 0.2) is 0 Å². The van der Waals surface area contributed by atoms with Crippen molar-refractivity contribution in [2.75, 3.05) is 12.3 Å². The van der Waals surface area contributed by atoms with Crippen molar-refractivity contribution in [1.82, 2.24) is 0 Å². The summed E-state index contributed by atoms with van der Waals surface area (Å²) in [5.41, 5.74) is 5.08. The van der Waals surface area contributed by atoms with Gasteiger partial charge in [0.1, 0.15) is 5.60 Å². The Kier molecular flexibility index (Phi) is 6.20. The predicted octanol–water partition coefficient (Wildman–Crippen LogP) is 1.80. The molecule has 0 bridgehead atoms. The lowest BCUT2D eigenvalue weighted by atomic mass is 10.2. The molecule has 1 unspecified atom stereocenters. The van der Waals surface area contributed by atoms with E-state index in [0.29, 0.717) is 18.2 Å². The van der Waals surface area contributed by atoms with Gasteiger partial charge in [0.05, 0.1) is 6.42 Å². The average molecular weight is 219 g/mol. The van der Waals surface area contributed by atoms with Gasteiger partial charge in [-0.25, -0.2) is 0 Å². The van der Waals surface area contributed by atoms with E-state index in [9.17, 15) is 4.79 Å². The maximum atomic E-state index is 11.3. The standard InChI is InChI=1S/C10H21NO2S/c1-8(7-11)14-6-5-9(12)13-10(2,3)4/h8H,5-7,11H2,1-4H3. The third-order valence-corrected chi connectivity index (χ3v) is 2.66. The molecule has 0 aliphatic rings. The molecule has 0 rings (SSSR count).